The lowest BCUT2D eigenvalue weighted by atomic mass is 10.2. The molecule has 6 heteroatoms. The van der Waals surface area contributed by atoms with E-state index in [1.807, 2.05) is 25.1 Å². The van der Waals surface area contributed by atoms with Crippen LogP contribution in [0.2, 0.25) is 0 Å². The Kier molecular flexibility index (Phi) is 5.52. The molecule has 0 aliphatic rings. The van der Waals surface area contributed by atoms with Gasteiger partial charge in [0.2, 0.25) is 5.91 Å². The molecule has 114 valence electrons. The number of carbonyl (C=O) groups is 1. The second-order valence-electron chi connectivity index (χ2n) is 4.82. The molecule has 1 aromatic carbocycles. The summed E-state index contributed by atoms with van der Waals surface area (Å²) < 4.78 is 6.47. The van der Waals surface area contributed by atoms with Crippen molar-refractivity contribution >= 4 is 32.6 Å². The first-order valence-corrected chi connectivity index (χ1v) is 8.00. The zero-order chi connectivity index (χ0) is 15.2. The fourth-order valence-electron chi connectivity index (χ4n) is 1.79. The minimum atomic E-state index is -0.0700. The van der Waals surface area contributed by atoms with Gasteiger partial charge in [0.15, 0.2) is 5.13 Å². The Morgan fingerprint density at radius 2 is 2.24 bits per heavy atom. The molecule has 2 N–H and O–H groups in total. The molecular weight excluding hydrogens is 286 g/mol. The number of hydrogen-bond donors (Lipinski definition) is 2. The number of carbonyl (C=O) groups excluding carboxylic acids is 1. The third kappa shape index (κ3) is 4.41. The van der Waals surface area contributed by atoms with Crippen molar-refractivity contribution in [3.05, 3.63) is 18.2 Å². The Hall–Kier alpha value is -1.66. The summed E-state index contributed by atoms with van der Waals surface area (Å²) >= 11 is 1.45. The monoisotopic (exact) mass is 307 g/mol. The first-order valence-electron chi connectivity index (χ1n) is 7.19. The Balaban J connectivity index is 2.00. The summed E-state index contributed by atoms with van der Waals surface area (Å²) in [5.74, 6) is 0.754. The first-order chi connectivity index (χ1) is 10.1. The highest BCUT2D eigenvalue weighted by molar-refractivity contribution is 7.22. The first kappa shape index (κ1) is 15.7. The lowest BCUT2D eigenvalue weighted by Gasteiger charge is -2.09. The van der Waals surface area contributed by atoms with Gasteiger partial charge in [0.1, 0.15) is 5.75 Å². The number of rotatable bonds is 7. The van der Waals surface area contributed by atoms with E-state index in [9.17, 15) is 4.79 Å². The summed E-state index contributed by atoms with van der Waals surface area (Å²) in [6, 6.07) is 6.08. The lowest BCUT2D eigenvalue weighted by molar-refractivity contribution is -0.115. The van der Waals surface area contributed by atoms with Crippen molar-refractivity contribution in [2.75, 3.05) is 18.5 Å². The highest BCUT2D eigenvalue weighted by atomic mass is 32.1. The number of hydrogen-bond acceptors (Lipinski definition) is 5. The maximum absolute atomic E-state index is 11.8. The maximum atomic E-state index is 11.8. The van der Waals surface area contributed by atoms with Crippen molar-refractivity contribution in [2.45, 2.75) is 33.2 Å². The number of nitrogens with zero attached hydrogens (tertiary/aromatic N) is 1. The molecule has 0 bridgehead atoms. The van der Waals surface area contributed by atoms with Crippen molar-refractivity contribution in [2.24, 2.45) is 0 Å². The smallest absolute Gasteiger partial charge is 0.240 e. The molecule has 2 rings (SSSR count). The number of thiazole rings is 1. The summed E-state index contributed by atoms with van der Waals surface area (Å²) in [7, 11) is 0. The van der Waals surface area contributed by atoms with Gasteiger partial charge in [-0.3, -0.25) is 4.79 Å². The molecule has 21 heavy (non-hydrogen) atoms. The number of aromatic nitrogens is 1. The molecule has 1 heterocycles. The zero-order valence-corrected chi connectivity index (χ0v) is 13.4. The van der Waals surface area contributed by atoms with Crippen LogP contribution in [0.3, 0.4) is 0 Å². The van der Waals surface area contributed by atoms with Crippen LogP contribution in [0, 0.1) is 0 Å². The van der Waals surface area contributed by atoms with Gasteiger partial charge in [-0.05, 0) is 38.5 Å². The van der Waals surface area contributed by atoms with Gasteiger partial charge < -0.3 is 15.4 Å². The summed E-state index contributed by atoms with van der Waals surface area (Å²) in [6.07, 6.45) is 0.995. The molecular formula is C15H21N3O2S. The van der Waals surface area contributed by atoms with Crippen LogP contribution in [0.5, 0.6) is 5.75 Å². The number of fused-ring (bicyclic) bond motifs is 1. The van der Waals surface area contributed by atoms with Crippen LogP contribution < -0.4 is 15.4 Å². The Morgan fingerprint density at radius 3 is 2.95 bits per heavy atom. The van der Waals surface area contributed by atoms with Crippen molar-refractivity contribution in [3.63, 3.8) is 0 Å². The van der Waals surface area contributed by atoms with Gasteiger partial charge in [0.05, 0.1) is 23.4 Å². The molecule has 0 aliphatic heterocycles. The Morgan fingerprint density at radius 1 is 1.43 bits per heavy atom. The highest BCUT2D eigenvalue weighted by Gasteiger charge is 2.09. The van der Waals surface area contributed by atoms with Gasteiger partial charge >= 0.3 is 0 Å². The van der Waals surface area contributed by atoms with Gasteiger partial charge in [0.25, 0.3) is 0 Å². The fraction of sp³-hybridized carbons (Fsp3) is 0.467. The second kappa shape index (κ2) is 7.38. The van der Waals surface area contributed by atoms with E-state index in [0.29, 0.717) is 24.3 Å². The van der Waals surface area contributed by atoms with E-state index in [1.54, 1.807) is 0 Å². The summed E-state index contributed by atoms with van der Waals surface area (Å²) in [5, 5.41) is 6.60. The van der Waals surface area contributed by atoms with Crippen LogP contribution in [0.25, 0.3) is 10.2 Å². The molecule has 1 aromatic heterocycles. The van der Waals surface area contributed by atoms with Crippen LogP contribution in [0.15, 0.2) is 18.2 Å². The van der Waals surface area contributed by atoms with Crippen LogP contribution in [0.4, 0.5) is 5.13 Å². The normalized spacial score (nSPS) is 12.3. The van der Waals surface area contributed by atoms with Crippen molar-refractivity contribution < 1.29 is 9.53 Å². The number of nitrogens with one attached hydrogen (secondary N) is 2. The summed E-state index contributed by atoms with van der Waals surface area (Å²) in [4.78, 5) is 16.3. The lowest BCUT2D eigenvalue weighted by Crippen LogP contribution is -2.33. The summed E-state index contributed by atoms with van der Waals surface area (Å²) in [6.45, 7) is 7.02. The van der Waals surface area contributed by atoms with E-state index in [4.69, 9.17) is 4.74 Å². The molecule has 0 saturated carbocycles. The quantitative estimate of drug-likeness (QED) is 0.825. The Bertz CT molecular complexity index is 612. The largest absolute Gasteiger partial charge is 0.494 e. The third-order valence-corrected chi connectivity index (χ3v) is 4.07. The van der Waals surface area contributed by atoms with Crippen molar-refractivity contribution in [1.82, 2.24) is 10.3 Å². The Labute approximate surface area is 128 Å². The second-order valence-corrected chi connectivity index (χ2v) is 5.85. The molecule has 0 saturated heterocycles. The minimum Gasteiger partial charge on any atom is -0.494 e. The van der Waals surface area contributed by atoms with E-state index in [0.717, 1.165) is 22.4 Å². The molecule has 0 aliphatic carbocycles. The van der Waals surface area contributed by atoms with Gasteiger partial charge in [-0.15, -0.1) is 0 Å². The summed E-state index contributed by atoms with van der Waals surface area (Å²) in [5.41, 5.74) is 0.869. The van der Waals surface area contributed by atoms with Gasteiger partial charge in [-0.1, -0.05) is 18.3 Å². The molecule has 1 atom stereocenters. The van der Waals surface area contributed by atoms with E-state index in [-0.39, 0.29) is 5.91 Å². The molecule has 0 fully saturated rings. The molecule has 5 nitrogen and oxygen atoms in total. The molecule has 1 amide bonds. The standard InChI is InChI=1S/C15H21N3O2S/c1-4-10(3)16-9-14(19)18-15-17-12-7-6-11(20-5-2)8-13(12)21-15/h6-8,10,16H,4-5,9H2,1-3H3,(H,17,18,19). The van der Waals surface area contributed by atoms with E-state index in [1.165, 1.54) is 11.3 Å². The van der Waals surface area contributed by atoms with Crippen molar-refractivity contribution in [1.29, 1.82) is 0 Å². The number of anilines is 1. The zero-order valence-electron chi connectivity index (χ0n) is 12.6. The molecule has 1 unspecified atom stereocenters. The average Bonchev–Trinajstić information content (AvgIpc) is 2.86. The highest BCUT2D eigenvalue weighted by Crippen LogP contribution is 2.29. The van der Waals surface area contributed by atoms with E-state index < -0.39 is 0 Å². The maximum Gasteiger partial charge on any atom is 0.240 e. The predicted molar refractivity (Wildman–Crippen MR) is 87.2 cm³/mol. The third-order valence-electron chi connectivity index (χ3n) is 3.14. The van der Waals surface area contributed by atoms with Gasteiger partial charge in [0, 0.05) is 6.04 Å². The van der Waals surface area contributed by atoms with Crippen LogP contribution in [-0.2, 0) is 4.79 Å². The fourth-order valence-corrected chi connectivity index (χ4v) is 2.70. The van der Waals surface area contributed by atoms with Crippen LogP contribution in [0.1, 0.15) is 27.2 Å². The van der Waals surface area contributed by atoms with Gasteiger partial charge in [-0.25, -0.2) is 4.98 Å². The molecule has 0 radical (unpaired) electrons. The van der Waals surface area contributed by atoms with Crippen LogP contribution in [-0.4, -0.2) is 30.1 Å². The minimum absolute atomic E-state index is 0.0700. The average molecular weight is 307 g/mol. The number of ether oxygens (including phenoxy) is 1. The number of benzene rings is 1. The van der Waals surface area contributed by atoms with Crippen molar-refractivity contribution in [3.8, 4) is 5.75 Å². The van der Waals surface area contributed by atoms with Gasteiger partial charge in [-0.2, -0.15) is 0 Å². The van der Waals surface area contributed by atoms with E-state index in [2.05, 4.69) is 29.5 Å². The molecule has 0 spiro atoms. The van der Waals surface area contributed by atoms with Crippen LogP contribution >= 0.6 is 11.3 Å². The SMILES string of the molecule is CCOc1ccc2nc(NC(=O)CNC(C)CC)sc2c1. The predicted octanol–water partition coefficient (Wildman–Crippen LogP) is 3.02. The van der Waals surface area contributed by atoms with E-state index >= 15 is 0 Å². The molecule has 2 aromatic rings. The topological polar surface area (TPSA) is 63.2 Å². The number of amides is 1.